The molecule has 0 aliphatic rings. The second-order valence-corrected chi connectivity index (χ2v) is 7.02. The van der Waals surface area contributed by atoms with Crippen LogP contribution in [0.15, 0.2) is 52.9 Å². The van der Waals surface area contributed by atoms with Gasteiger partial charge in [0.25, 0.3) is 0 Å². The summed E-state index contributed by atoms with van der Waals surface area (Å²) >= 11 is 0. The van der Waals surface area contributed by atoms with Crippen molar-refractivity contribution in [3.05, 3.63) is 48.5 Å². The summed E-state index contributed by atoms with van der Waals surface area (Å²) in [6.45, 7) is 0.715. The number of unbranched alkanes of at least 4 members (excludes halogenated alkanes) is 3. The Labute approximate surface area is 173 Å². The Balaban J connectivity index is 1.48. The number of carbonyl (C=O) groups excluding carboxylic acids is 1. The van der Waals surface area contributed by atoms with Gasteiger partial charge in [0.15, 0.2) is 17.1 Å². The van der Waals surface area contributed by atoms with Gasteiger partial charge in [-0.1, -0.05) is 37.1 Å². The number of nitrogens with one attached hydrogen (secondary N) is 2. The molecule has 4 rings (SSSR count). The van der Waals surface area contributed by atoms with Crippen LogP contribution in [0, 0.1) is 0 Å². The van der Waals surface area contributed by atoms with E-state index in [1.165, 1.54) is 0 Å². The monoisotopic (exact) mass is 405 g/mol. The van der Waals surface area contributed by atoms with Gasteiger partial charge in [0.05, 0.1) is 11.0 Å². The zero-order valence-electron chi connectivity index (χ0n) is 16.5. The average Bonchev–Trinajstić information content (AvgIpc) is 3.21. The van der Waals surface area contributed by atoms with Crippen LogP contribution in [0.1, 0.15) is 32.1 Å². The summed E-state index contributed by atoms with van der Waals surface area (Å²) in [7, 11) is 0. The number of carbonyl (C=O) groups is 1. The minimum atomic E-state index is -0.345. The van der Waals surface area contributed by atoms with Gasteiger partial charge in [-0.3, -0.25) is 10.0 Å². The first-order chi connectivity index (χ1) is 14.7. The molecule has 3 N–H and O–H groups in total. The molecule has 4 aromatic rings. The fourth-order valence-electron chi connectivity index (χ4n) is 3.27. The van der Waals surface area contributed by atoms with Gasteiger partial charge < -0.3 is 9.73 Å². The standard InChI is InChI=1S/C22H23N5O3/c28-19(27-29)13-3-1-2-8-14-23-21-20(24-15-9-4-5-10-16(15)25-21)22-26-17-11-6-7-12-18(17)30-22/h4-7,9-12,29H,1-3,8,13-14H2,(H,23,25)(H,27,28). The van der Waals surface area contributed by atoms with E-state index in [0.717, 1.165) is 42.2 Å². The highest BCUT2D eigenvalue weighted by Gasteiger charge is 2.16. The van der Waals surface area contributed by atoms with E-state index in [1.807, 2.05) is 48.5 Å². The summed E-state index contributed by atoms with van der Waals surface area (Å²) in [5.41, 5.74) is 5.31. The van der Waals surface area contributed by atoms with Gasteiger partial charge in [-0.25, -0.2) is 20.4 Å². The Kier molecular flexibility index (Phi) is 6.14. The molecule has 0 fully saturated rings. The normalized spacial score (nSPS) is 11.1. The summed E-state index contributed by atoms with van der Waals surface area (Å²) in [6, 6.07) is 15.3. The van der Waals surface area contributed by atoms with Crippen LogP contribution in [0.25, 0.3) is 33.7 Å². The molecular formula is C22H23N5O3. The van der Waals surface area contributed by atoms with Crippen molar-refractivity contribution in [1.29, 1.82) is 0 Å². The van der Waals surface area contributed by atoms with Gasteiger partial charge in [0, 0.05) is 13.0 Å². The number of nitrogens with zero attached hydrogens (tertiary/aromatic N) is 3. The smallest absolute Gasteiger partial charge is 0.250 e. The summed E-state index contributed by atoms with van der Waals surface area (Å²) in [4.78, 5) is 25.1. The summed E-state index contributed by atoms with van der Waals surface area (Å²) in [5.74, 6) is 0.731. The molecule has 0 radical (unpaired) electrons. The topological polar surface area (TPSA) is 113 Å². The highest BCUT2D eigenvalue weighted by molar-refractivity contribution is 5.83. The van der Waals surface area contributed by atoms with E-state index in [0.29, 0.717) is 36.0 Å². The molecule has 0 aliphatic heterocycles. The van der Waals surface area contributed by atoms with Crippen LogP contribution < -0.4 is 10.8 Å². The molecule has 2 aromatic heterocycles. The van der Waals surface area contributed by atoms with Crippen molar-refractivity contribution in [2.75, 3.05) is 11.9 Å². The summed E-state index contributed by atoms with van der Waals surface area (Å²) in [5, 5.41) is 11.9. The van der Waals surface area contributed by atoms with E-state index in [1.54, 1.807) is 5.48 Å². The Morgan fingerprint density at radius 3 is 2.33 bits per heavy atom. The molecule has 8 nitrogen and oxygen atoms in total. The SMILES string of the molecule is O=C(CCCCCCNc1nc2ccccc2nc1-c1nc2ccccc2o1)NO. The minimum Gasteiger partial charge on any atom is -0.435 e. The van der Waals surface area contributed by atoms with Crippen LogP contribution in [0.5, 0.6) is 0 Å². The molecule has 1 amide bonds. The van der Waals surface area contributed by atoms with Gasteiger partial charge in [-0.2, -0.15) is 0 Å². The third kappa shape index (κ3) is 4.55. The number of amides is 1. The lowest BCUT2D eigenvalue weighted by atomic mass is 10.1. The number of fused-ring (bicyclic) bond motifs is 2. The van der Waals surface area contributed by atoms with Crippen LogP contribution in [-0.2, 0) is 4.79 Å². The largest absolute Gasteiger partial charge is 0.435 e. The molecule has 0 saturated carbocycles. The average molecular weight is 405 g/mol. The van der Waals surface area contributed by atoms with Crippen molar-refractivity contribution in [1.82, 2.24) is 20.4 Å². The number of benzene rings is 2. The highest BCUT2D eigenvalue weighted by atomic mass is 16.5. The quantitative estimate of drug-likeness (QED) is 0.216. The number of hydroxylamine groups is 1. The van der Waals surface area contributed by atoms with Crippen molar-refractivity contribution >= 4 is 33.9 Å². The third-order valence-electron chi connectivity index (χ3n) is 4.81. The van der Waals surface area contributed by atoms with Crippen molar-refractivity contribution in [3.8, 4) is 11.6 Å². The van der Waals surface area contributed by atoms with Gasteiger partial charge in [-0.15, -0.1) is 0 Å². The zero-order chi connectivity index (χ0) is 20.8. The van der Waals surface area contributed by atoms with E-state index in [-0.39, 0.29) is 5.91 Å². The maximum atomic E-state index is 11.0. The van der Waals surface area contributed by atoms with Crippen molar-refractivity contribution in [3.63, 3.8) is 0 Å². The highest BCUT2D eigenvalue weighted by Crippen LogP contribution is 2.29. The van der Waals surface area contributed by atoms with E-state index in [9.17, 15) is 4.79 Å². The van der Waals surface area contributed by atoms with Crippen molar-refractivity contribution in [2.24, 2.45) is 0 Å². The van der Waals surface area contributed by atoms with E-state index >= 15 is 0 Å². The first kappa shape index (κ1) is 19.8. The number of rotatable bonds is 9. The second-order valence-electron chi connectivity index (χ2n) is 7.02. The number of oxazole rings is 1. The molecule has 2 aromatic carbocycles. The Morgan fingerprint density at radius 1 is 0.867 bits per heavy atom. The predicted molar refractivity (Wildman–Crippen MR) is 114 cm³/mol. The van der Waals surface area contributed by atoms with E-state index < -0.39 is 0 Å². The molecule has 2 heterocycles. The van der Waals surface area contributed by atoms with Crippen molar-refractivity contribution < 1.29 is 14.4 Å². The van der Waals surface area contributed by atoms with Crippen LogP contribution >= 0.6 is 0 Å². The molecule has 0 unspecified atom stereocenters. The number of para-hydroxylation sites is 4. The Hall–Kier alpha value is -3.52. The third-order valence-corrected chi connectivity index (χ3v) is 4.81. The van der Waals surface area contributed by atoms with E-state index in [2.05, 4.69) is 10.3 Å². The lowest BCUT2D eigenvalue weighted by molar-refractivity contribution is -0.129. The fraction of sp³-hybridized carbons (Fsp3) is 0.273. The molecule has 0 saturated heterocycles. The molecule has 154 valence electrons. The Bertz CT molecular complexity index is 1120. The lowest BCUT2D eigenvalue weighted by Crippen LogP contribution is -2.17. The molecule has 0 aliphatic carbocycles. The predicted octanol–water partition coefficient (Wildman–Crippen LogP) is 4.31. The van der Waals surface area contributed by atoms with Crippen molar-refractivity contribution in [2.45, 2.75) is 32.1 Å². The van der Waals surface area contributed by atoms with Gasteiger partial charge >= 0.3 is 0 Å². The second kappa shape index (κ2) is 9.32. The van der Waals surface area contributed by atoms with Gasteiger partial charge in [0.1, 0.15) is 5.52 Å². The molecule has 0 spiro atoms. The number of hydrogen-bond acceptors (Lipinski definition) is 7. The molecule has 0 bridgehead atoms. The Morgan fingerprint density at radius 2 is 1.57 bits per heavy atom. The van der Waals surface area contributed by atoms with Crippen LogP contribution in [0.3, 0.4) is 0 Å². The minimum absolute atomic E-state index is 0.335. The maximum absolute atomic E-state index is 11.0. The molecule has 30 heavy (non-hydrogen) atoms. The van der Waals surface area contributed by atoms with Gasteiger partial charge in [-0.05, 0) is 37.1 Å². The fourth-order valence-corrected chi connectivity index (χ4v) is 3.27. The number of hydrogen-bond donors (Lipinski definition) is 3. The zero-order valence-corrected chi connectivity index (χ0v) is 16.5. The lowest BCUT2D eigenvalue weighted by Gasteiger charge is -2.10. The molecule has 0 atom stereocenters. The molecular weight excluding hydrogens is 382 g/mol. The van der Waals surface area contributed by atoms with Crippen LogP contribution in [-0.4, -0.2) is 32.6 Å². The first-order valence-corrected chi connectivity index (χ1v) is 10.0. The van der Waals surface area contributed by atoms with Crippen LogP contribution in [0.2, 0.25) is 0 Å². The summed E-state index contributed by atoms with van der Waals surface area (Å²) in [6.07, 6.45) is 3.88. The number of aromatic nitrogens is 3. The first-order valence-electron chi connectivity index (χ1n) is 10.0. The van der Waals surface area contributed by atoms with Gasteiger partial charge in [0.2, 0.25) is 11.8 Å². The maximum Gasteiger partial charge on any atom is 0.250 e. The van der Waals surface area contributed by atoms with E-state index in [4.69, 9.17) is 19.6 Å². The summed E-state index contributed by atoms with van der Waals surface area (Å²) < 4.78 is 5.92. The number of anilines is 1. The van der Waals surface area contributed by atoms with Crippen LogP contribution in [0.4, 0.5) is 5.82 Å². The molecule has 8 heteroatoms.